The molecule has 112 valence electrons. The van der Waals surface area contributed by atoms with Gasteiger partial charge in [-0.25, -0.2) is 13.4 Å². The number of sulfone groups is 1. The summed E-state index contributed by atoms with van der Waals surface area (Å²) in [6.07, 6.45) is 2.71. The Morgan fingerprint density at radius 2 is 2.10 bits per heavy atom. The molecule has 7 heteroatoms. The van der Waals surface area contributed by atoms with Crippen LogP contribution in [-0.2, 0) is 16.4 Å². The molecule has 0 aliphatic rings. The average molecular weight is 371 g/mol. The van der Waals surface area contributed by atoms with E-state index in [1.54, 1.807) is 19.4 Å². The van der Waals surface area contributed by atoms with Crippen molar-refractivity contribution in [3.8, 4) is 5.75 Å². The predicted molar refractivity (Wildman–Crippen MR) is 85.4 cm³/mol. The summed E-state index contributed by atoms with van der Waals surface area (Å²) in [6, 6.07) is 8.76. The van der Waals surface area contributed by atoms with Crippen LogP contribution in [0.15, 0.2) is 45.9 Å². The summed E-state index contributed by atoms with van der Waals surface area (Å²) in [6.45, 7) is 0.405. The molecular weight excluding hydrogens is 356 g/mol. The van der Waals surface area contributed by atoms with Crippen molar-refractivity contribution in [2.75, 3.05) is 18.7 Å². The first-order valence-corrected chi connectivity index (χ1v) is 8.81. The van der Waals surface area contributed by atoms with Crippen LogP contribution in [0.2, 0.25) is 0 Å². The second kappa shape index (κ2) is 6.44. The van der Waals surface area contributed by atoms with Crippen LogP contribution in [0, 0.1) is 0 Å². The van der Waals surface area contributed by atoms with Gasteiger partial charge < -0.3 is 10.1 Å². The van der Waals surface area contributed by atoms with Crippen LogP contribution in [0.4, 0.5) is 5.82 Å². The maximum Gasteiger partial charge on any atom is 0.179 e. The Labute approximate surface area is 132 Å². The highest BCUT2D eigenvalue weighted by molar-refractivity contribution is 9.10. The van der Waals surface area contributed by atoms with E-state index in [0.29, 0.717) is 12.4 Å². The molecule has 0 saturated heterocycles. The second-order valence-corrected chi connectivity index (χ2v) is 7.33. The van der Waals surface area contributed by atoms with E-state index in [4.69, 9.17) is 4.74 Å². The monoisotopic (exact) mass is 370 g/mol. The van der Waals surface area contributed by atoms with Crippen molar-refractivity contribution in [2.45, 2.75) is 11.4 Å². The van der Waals surface area contributed by atoms with Crippen molar-refractivity contribution in [1.29, 1.82) is 0 Å². The Morgan fingerprint density at radius 1 is 1.33 bits per heavy atom. The van der Waals surface area contributed by atoms with Crippen molar-refractivity contribution in [2.24, 2.45) is 0 Å². The SMILES string of the molecule is COc1ccc(Br)cc1CNc1ncccc1S(C)(=O)=O. The van der Waals surface area contributed by atoms with Gasteiger partial charge in [-0.2, -0.15) is 0 Å². The van der Waals surface area contributed by atoms with E-state index in [9.17, 15) is 8.42 Å². The first-order chi connectivity index (χ1) is 9.91. The first-order valence-electron chi connectivity index (χ1n) is 6.13. The fraction of sp³-hybridized carbons (Fsp3) is 0.214. The van der Waals surface area contributed by atoms with E-state index in [-0.39, 0.29) is 4.90 Å². The summed E-state index contributed by atoms with van der Waals surface area (Å²) >= 11 is 3.40. The summed E-state index contributed by atoms with van der Waals surface area (Å²) in [5.74, 6) is 1.06. The molecule has 2 aromatic rings. The van der Waals surface area contributed by atoms with Crippen LogP contribution in [0.3, 0.4) is 0 Å². The predicted octanol–water partition coefficient (Wildman–Crippen LogP) is 2.87. The zero-order valence-electron chi connectivity index (χ0n) is 11.6. The van der Waals surface area contributed by atoms with E-state index >= 15 is 0 Å². The molecule has 1 heterocycles. The molecule has 0 radical (unpaired) electrons. The quantitative estimate of drug-likeness (QED) is 0.876. The topological polar surface area (TPSA) is 68.3 Å². The first kappa shape index (κ1) is 15.8. The van der Waals surface area contributed by atoms with Crippen LogP contribution in [-0.4, -0.2) is 26.8 Å². The van der Waals surface area contributed by atoms with E-state index in [2.05, 4.69) is 26.2 Å². The molecule has 1 aromatic heterocycles. The van der Waals surface area contributed by atoms with Gasteiger partial charge in [0.15, 0.2) is 9.84 Å². The Bertz CT molecular complexity index is 748. The van der Waals surface area contributed by atoms with Gasteiger partial charge in [-0.1, -0.05) is 15.9 Å². The molecule has 0 aliphatic carbocycles. The number of halogens is 1. The summed E-state index contributed by atoms with van der Waals surface area (Å²) in [5.41, 5.74) is 0.900. The van der Waals surface area contributed by atoms with Gasteiger partial charge in [0.1, 0.15) is 16.5 Å². The number of hydrogen-bond donors (Lipinski definition) is 1. The number of hydrogen-bond acceptors (Lipinski definition) is 5. The van der Waals surface area contributed by atoms with Crippen molar-refractivity contribution in [3.05, 3.63) is 46.6 Å². The third kappa shape index (κ3) is 3.95. The average Bonchev–Trinajstić information content (AvgIpc) is 2.44. The Hall–Kier alpha value is -1.60. The minimum atomic E-state index is -3.33. The third-order valence-electron chi connectivity index (χ3n) is 2.86. The molecule has 0 fully saturated rings. The number of aromatic nitrogens is 1. The van der Waals surface area contributed by atoms with Crippen molar-refractivity contribution >= 4 is 31.6 Å². The minimum absolute atomic E-state index is 0.180. The van der Waals surface area contributed by atoms with Gasteiger partial charge in [0.05, 0.1) is 7.11 Å². The lowest BCUT2D eigenvalue weighted by atomic mass is 10.2. The number of nitrogens with zero attached hydrogens (tertiary/aromatic N) is 1. The number of pyridine rings is 1. The zero-order chi connectivity index (χ0) is 15.5. The van der Waals surface area contributed by atoms with Gasteiger partial charge >= 0.3 is 0 Å². The molecule has 0 saturated carbocycles. The normalized spacial score (nSPS) is 11.2. The molecule has 0 unspecified atom stereocenters. The van der Waals surface area contributed by atoms with Crippen LogP contribution in [0.5, 0.6) is 5.75 Å². The summed E-state index contributed by atoms with van der Waals surface area (Å²) in [5, 5.41) is 3.05. The minimum Gasteiger partial charge on any atom is -0.496 e. The highest BCUT2D eigenvalue weighted by Crippen LogP contribution is 2.25. The van der Waals surface area contributed by atoms with Crippen molar-refractivity contribution < 1.29 is 13.2 Å². The number of rotatable bonds is 5. The number of methoxy groups -OCH3 is 1. The lowest BCUT2D eigenvalue weighted by molar-refractivity contribution is 0.410. The van der Waals surface area contributed by atoms with Crippen LogP contribution < -0.4 is 10.1 Å². The van der Waals surface area contributed by atoms with E-state index in [0.717, 1.165) is 22.0 Å². The second-order valence-electron chi connectivity index (χ2n) is 4.43. The molecule has 0 amide bonds. The molecule has 0 aliphatic heterocycles. The fourth-order valence-corrected chi connectivity index (χ4v) is 3.10. The van der Waals surface area contributed by atoms with Gasteiger partial charge in [0, 0.05) is 29.0 Å². The molecule has 5 nitrogen and oxygen atoms in total. The summed E-state index contributed by atoms with van der Waals surface area (Å²) in [4.78, 5) is 4.27. The van der Waals surface area contributed by atoms with Gasteiger partial charge in [-0.15, -0.1) is 0 Å². The largest absolute Gasteiger partial charge is 0.496 e. The highest BCUT2D eigenvalue weighted by atomic mass is 79.9. The van der Waals surface area contributed by atoms with Gasteiger partial charge in [-0.05, 0) is 30.3 Å². The molecule has 0 bridgehead atoms. The Balaban J connectivity index is 2.27. The molecular formula is C14H15BrN2O3S. The van der Waals surface area contributed by atoms with Gasteiger partial charge in [0.25, 0.3) is 0 Å². The highest BCUT2D eigenvalue weighted by Gasteiger charge is 2.14. The maximum atomic E-state index is 11.7. The standard InChI is InChI=1S/C14H15BrN2O3S/c1-20-12-6-5-11(15)8-10(12)9-17-14-13(21(2,18)19)4-3-7-16-14/h3-8H,9H2,1-2H3,(H,16,17). The summed E-state index contributed by atoms with van der Waals surface area (Å²) < 4.78 is 29.7. The third-order valence-corrected chi connectivity index (χ3v) is 4.48. The smallest absolute Gasteiger partial charge is 0.179 e. The van der Waals surface area contributed by atoms with Crippen LogP contribution in [0.25, 0.3) is 0 Å². The van der Waals surface area contributed by atoms with E-state index < -0.39 is 9.84 Å². The van der Waals surface area contributed by atoms with Crippen molar-refractivity contribution in [1.82, 2.24) is 4.98 Å². The van der Waals surface area contributed by atoms with Gasteiger partial charge in [0.2, 0.25) is 0 Å². The Kier molecular flexibility index (Phi) is 4.84. The van der Waals surface area contributed by atoms with Crippen LogP contribution >= 0.6 is 15.9 Å². The molecule has 2 rings (SSSR count). The van der Waals surface area contributed by atoms with E-state index in [1.165, 1.54) is 6.07 Å². The lowest BCUT2D eigenvalue weighted by Gasteiger charge is -2.12. The lowest BCUT2D eigenvalue weighted by Crippen LogP contribution is -2.08. The molecule has 21 heavy (non-hydrogen) atoms. The maximum absolute atomic E-state index is 11.7. The van der Waals surface area contributed by atoms with E-state index in [1.807, 2.05) is 18.2 Å². The summed E-state index contributed by atoms with van der Waals surface area (Å²) in [7, 11) is -1.73. The number of nitrogens with one attached hydrogen (secondary N) is 1. The number of benzene rings is 1. The molecule has 1 aromatic carbocycles. The van der Waals surface area contributed by atoms with Gasteiger partial charge in [-0.3, -0.25) is 0 Å². The molecule has 1 N–H and O–H groups in total. The zero-order valence-corrected chi connectivity index (χ0v) is 14.0. The van der Waals surface area contributed by atoms with Crippen LogP contribution in [0.1, 0.15) is 5.56 Å². The number of anilines is 1. The molecule has 0 atom stereocenters. The molecule has 0 spiro atoms. The fourth-order valence-electron chi connectivity index (χ4n) is 1.89. The van der Waals surface area contributed by atoms with Crippen molar-refractivity contribution in [3.63, 3.8) is 0 Å². The number of ether oxygens (including phenoxy) is 1. The Morgan fingerprint density at radius 3 is 2.76 bits per heavy atom.